The lowest BCUT2D eigenvalue weighted by molar-refractivity contribution is 0.997. The first-order chi connectivity index (χ1) is 10.2. The number of nitrogens with zero attached hydrogens (tertiary/aromatic N) is 1. The van der Waals surface area contributed by atoms with Crippen molar-refractivity contribution < 1.29 is 0 Å². The van der Waals surface area contributed by atoms with Gasteiger partial charge in [0.2, 0.25) is 0 Å². The van der Waals surface area contributed by atoms with Gasteiger partial charge in [0.25, 0.3) is 0 Å². The molecule has 106 valence electrons. The Morgan fingerprint density at radius 3 is 2.62 bits per heavy atom. The van der Waals surface area contributed by atoms with Crippen molar-refractivity contribution in [1.82, 2.24) is 10.2 Å². The molecule has 3 N–H and O–H groups in total. The number of H-pyrrole nitrogens is 1. The highest BCUT2D eigenvalue weighted by atomic mass is 15.1. The molecule has 21 heavy (non-hydrogen) atoms. The van der Waals surface area contributed by atoms with Crippen LogP contribution in [0.1, 0.15) is 22.4 Å². The van der Waals surface area contributed by atoms with Crippen molar-refractivity contribution in [3.05, 3.63) is 77.0 Å². The molecule has 0 amide bonds. The Morgan fingerprint density at radius 1 is 1.00 bits per heavy atom. The summed E-state index contributed by atoms with van der Waals surface area (Å²) in [5.74, 6) is 0. The Labute approximate surface area is 124 Å². The fourth-order valence-electron chi connectivity index (χ4n) is 2.50. The number of hydrogen-bond acceptors (Lipinski definition) is 2. The molecular weight excluding hydrogens is 258 g/mol. The van der Waals surface area contributed by atoms with E-state index >= 15 is 0 Å². The number of rotatable bonds is 4. The van der Waals surface area contributed by atoms with Crippen LogP contribution in [0.2, 0.25) is 0 Å². The van der Waals surface area contributed by atoms with Crippen LogP contribution in [-0.4, -0.2) is 10.2 Å². The van der Waals surface area contributed by atoms with E-state index in [2.05, 4.69) is 59.6 Å². The zero-order valence-electron chi connectivity index (χ0n) is 12.1. The molecule has 0 unspecified atom stereocenters. The van der Waals surface area contributed by atoms with Crippen molar-refractivity contribution in [1.29, 1.82) is 0 Å². The quantitative estimate of drug-likeness (QED) is 0.767. The number of aromatic nitrogens is 2. The fourth-order valence-corrected chi connectivity index (χ4v) is 2.50. The van der Waals surface area contributed by atoms with E-state index in [0.717, 1.165) is 28.9 Å². The smallest absolute Gasteiger partial charge is 0.0923 e. The minimum absolute atomic E-state index is 0.550. The molecule has 0 saturated heterocycles. The highest BCUT2D eigenvalue weighted by molar-refractivity contribution is 5.60. The molecule has 0 aliphatic carbocycles. The first-order valence-electron chi connectivity index (χ1n) is 7.14. The number of aryl methyl sites for hydroxylation is 1. The van der Waals surface area contributed by atoms with Crippen molar-refractivity contribution in [2.24, 2.45) is 5.73 Å². The first kappa shape index (κ1) is 13.6. The minimum atomic E-state index is 0.550. The van der Waals surface area contributed by atoms with Gasteiger partial charge < -0.3 is 5.73 Å². The van der Waals surface area contributed by atoms with Crippen molar-refractivity contribution in [2.75, 3.05) is 0 Å². The number of nitrogens with one attached hydrogen (secondary N) is 1. The predicted molar refractivity (Wildman–Crippen MR) is 85.9 cm³/mol. The molecule has 1 aromatic heterocycles. The van der Waals surface area contributed by atoms with Gasteiger partial charge >= 0.3 is 0 Å². The Balaban J connectivity index is 1.82. The van der Waals surface area contributed by atoms with Gasteiger partial charge in [0.15, 0.2) is 0 Å². The molecule has 0 atom stereocenters. The van der Waals surface area contributed by atoms with Gasteiger partial charge in [-0.2, -0.15) is 5.10 Å². The van der Waals surface area contributed by atoms with Gasteiger partial charge in [0.1, 0.15) is 0 Å². The molecule has 0 aliphatic rings. The van der Waals surface area contributed by atoms with Crippen LogP contribution in [0.4, 0.5) is 0 Å². The summed E-state index contributed by atoms with van der Waals surface area (Å²) in [5, 5.41) is 7.54. The van der Waals surface area contributed by atoms with Crippen LogP contribution in [-0.2, 0) is 13.0 Å². The third kappa shape index (κ3) is 3.20. The van der Waals surface area contributed by atoms with Crippen LogP contribution in [0.3, 0.4) is 0 Å². The molecule has 3 aromatic rings. The highest BCUT2D eigenvalue weighted by Crippen LogP contribution is 2.20. The van der Waals surface area contributed by atoms with E-state index in [1.807, 2.05) is 12.1 Å². The largest absolute Gasteiger partial charge is 0.326 e. The van der Waals surface area contributed by atoms with Crippen LogP contribution in [0.5, 0.6) is 0 Å². The number of aromatic amines is 1. The molecule has 0 fully saturated rings. The van der Waals surface area contributed by atoms with Gasteiger partial charge in [-0.25, -0.2) is 0 Å². The van der Waals surface area contributed by atoms with Crippen molar-refractivity contribution in [3.8, 4) is 11.3 Å². The van der Waals surface area contributed by atoms with Crippen molar-refractivity contribution in [2.45, 2.75) is 19.9 Å². The normalized spacial score (nSPS) is 10.8. The molecule has 0 spiro atoms. The topological polar surface area (TPSA) is 54.7 Å². The second kappa shape index (κ2) is 5.94. The molecule has 3 rings (SSSR count). The summed E-state index contributed by atoms with van der Waals surface area (Å²) in [6.07, 6.45) is 0.866. The maximum atomic E-state index is 5.69. The number of hydrogen-bond donors (Lipinski definition) is 2. The Bertz CT molecular complexity index is 743. The maximum absolute atomic E-state index is 5.69. The predicted octanol–water partition coefficient (Wildman–Crippen LogP) is 3.43. The second-order valence-electron chi connectivity index (χ2n) is 5.35. The summed E-state index contributed by atoms with van der Waals surface area (Å²) in [4.78, 5) is 0. The van der Waals surface area contributed by atoms with Gasteiger partial charge in [0.05, 0.1) is 5.69 Å². The summed E-state index contributed by atoms with van der Waals surface area (Å²) >= 11 is 0. The first-order valence-corrected chi connectivity index (χ1v) is 7.14. The van der Waals surface area contributed by atoms with Gasteiger partial charge in [-0.3, -0.25) is 5.10 Å². The summed E-state index contributed by atoms with van der Waals surface area (Å²) < 4.78 is 0. The van der Waals surface area contributed by atoms with Crippen LogP contribution in [0.25, 0.3) is 11.3 Å². The molecule has 0 aliphatic heterocycles. The van der Waals surface area contributed by atoms with Crippen molar-refractivity contribution in [3.63, 3.8) is 0 Å². The van der Waals surface area contributed by atoms with Crippen LogP contribution in [0, 0.1) is 6.92 Å². The summed E-state index contributed by atoms with van der Waals surface area (Å²) in [7, 11) is 0. The van der Waals surface area contributed by atoms with E-state index in [9.17, 15) is 0 Å². The number of nitrogens with two attached hydrogens (primary N) is 1. The van der Waals surface area contributed by atoms with Crippen molar-refractivity contribution >= 4 is 0 Å². The monoisotopic (exact) mass is 277 g/mol. The van der Waals surface area contributed by atoms with E-state index in [0.29, 0.717) is 6.54 Å². The Hall–Kier alpha value is -2.39. The third-order valence-electron chi connectivity index (χ3n) is 3.57. The van der Waals surface area contributed by atoms with Gasteiger partial charge in [-0.15, -0.1) is 0 Å². The Kier molecular flexibility index (Phi) is 3.84. The molecular formula is C18H19N3. The SMILES string of the molecule is Cc1cccc(Cc2cc(-c3cccc(CN)c3)n[nH]2)c1. The van der Waals surface area contributed by atoms with E-state index in [4.69, 9.17) is 5.73 Å². The van der Waals surface area contributed by atoms with Crippen LogP contribution < -0.4 is 5.73 Å². The minimum Gasteiger partial charge on any atom is -0.326 e. The zero-order valence-corrected chi connectivity index (χ0v) is 12.1. The standard InChI is InChI=1S/C18H19N3/c1-13-4-2-5-14(8-13)10-17-11-18(21-20-17)16-7-3-6-15(9-16)12-19/h2-9,11H,10,12,19H2,1H3,(H,20,21). The van der Waals surface area contributed by atoms with Gasteiger partial charge in [-0.05, 0) is 30.2 Å². The number of benzene rings is 2. The molecule has 1 heterocycles. The van der Waals surface area contributed by atoms with Crippen LogP contribution in [0.15, 0.2) is 54.6 Å². The molecule has 0 saturated carbocycles. The summed E-state index contributed by atoms with van der Waals surface area (Å²) in [6.45, 7) is 2.66. The molecule has 0 bridgehead atoms. The maximum Gasteiger partial charge on any atom is 0.0923 e. The fraction of sp³-hybridized carbons (Fsp3) is 0.167. The highest BCUT2D eigenvalue weighted by Gasteiger charge is 2.05. The van der Waals surface area contributed by atoms with E-state index in [-0.39, 0.29) is 0 Å². The lowest BCUT2D eigenvalue weighted by Gasteiger charge is -2.00. The summed E-state index contributed by atoms with van der Waals surface area (Å²) in [5.41, 5.74) is 12.6. The molecule has 3 nitrogen and oxygen atoms in total. The average Bonchev–Trinajstić information content (AvgIpc) is 2.96. The zero-order chi connectivity index (χ0) is 14.7. The van der Waals surface area contributed by atoms with E-state index in [1.54, 1.807) is 0 Å². The summed E-state index contributed by atoms with van der Waals surface area (Å²) in [6, 6.07) is 18.9. The lowest BCUT2D eigenvalue weighted by atomic mass is 10.1. The molecule has 2 aromatic carbocycles. The average molecular weight is 277 g/mol. The molecule has 3 heteroatoms. The third-order valence-corrected chi connectivity index (χ3v) is 3.57. The molecule has 0 radical (unpaired) electrons. The van der Waals surface area contributed by atoms with E-state index < -0.39 is 0 Å². The Morgan fingerprint density at radius 2 is 1.81 bits per heavy atom. The lowest BCUT2D eigenvalue weighted by Crippen LogP contribution is -1.95. The van der Waals surface area contributed by atoms with Crippen LogP contribution >= 0.6 is 0 Å². The second-order valence-corrected chi connectivity index (χ2v) is 5.35. The van der Waals surface area contributed by atoms with E-state index in [1.165, 1.54) is 11.1 Å². The van der Waals surface area contributed by atoms with Gasteiger partial charge in [-0.1, -0.05) is 48.0 Å². The van der Waals surface area contributed by atoms with Gasteiger partial charge in [0, 0.05) is 24.2 Å².